The molecule has 2 aromatic carbocycles. The van der Waals surface area contributed by atoms with Crippen LogP contribution in [-0.4, -0.2) is 4.98 Å². The minimum Gasteiger partial charge on any atom is -0.326 e. The summed E-state index contributed by atoms with van der Waals surface area (Å²) in [6, 6.07) is 14.1. The Balaban J connectivity index is 2.09. The fraction of sp³-hybridized carbons (Fsp3) is 0.118. The average Bonchev–Trinajstić information content (AvgIpc) is 2.93. The van der Waals surface area contributed by atoms with Crippen molar-refractivity contribution < 1.29 is 0 Å². The summed E-state index contributed by atoms with van der Waals surface area (Å²) in [6.45, 7) is 0.461. The number of hydrogen-bond donors (Lipinski definition) is 2. The molecule has 0 bridgehead atoms. The zero-order valence-corrected chi connectivity index (χ0v) is 14.3. The maximum absolute atomic E-state index is 6.44. The van der Waals surface area contributed by atoms with Crippen molar-refractivity contribution in [1.82, 2.24) is 4.98 Å². The molecule has 5 heteroatoms. The summed E-state index contributed by atoms with van der Waals surface area (Å²) in [5, 5.41) is 4.48. The van der Waals surface area contributed by atoms with Gasteiger partial charge < -0.3 is 5.73 Å². The second-order valence-corrected chi connectivity index (χ2v) is 6.72. The van der Waals surface area contributed by atoms with E-state index in [1.54, 1.807) is 11.3 Å². The smallest absolute Gasteiger partial charge is 0.104 e. The first-order valence-electron chi connectivity index (χ1n) is 6.88. The van der Waals surface area contributed by atoms with Crippen molar-refractivity contribution in [3.63, 3.8) is 0 Å². The van der Waals surface area contributed by atoms with E-state index in [-0.39, 0.29) is 0 Å². The van der Waals surface area contributed by atoms with E-state index in [2.05, 4.69) is 29.7 Å². The van der Waals surface area contributed by atoms with Gasteiger partial charge in [-0.3, -0.25) is 0 Å². The second kappa shape index (κ2) is 6.84. The van der Waals surface area contributed by atoms with Crippen molar-refractivity contribution >= 4 is 35.6 Å². The Kier molecular flexibility index (Phi) is 4.84. The van der Waals surface area contributed by atoms with Crippen LogP contribution in [0.1, 0.15) is 16.1 Å². The first-order chi connectivity index (χ1) is 10.7. The van der Waals surface area contributed by atoms with Crippen LogP contribution in [0.15, 0.2) is 52.9 Å². The normalized spacial score (nSPS) is 10.9. The minimum atomic E-state index is 0.461. The molecule has 0 aliphatic carbocycles. The van der Waals surface area contributed by atoms with Crippen molar-refractivity contribution in [1.29, 1.82) is 0 Å². The van der Waals surface area contributed by atoms with Gasteiger partial charge in [0.2, 0.25) is 0 Å². The standard InChI is InChI=1S/C17H15ClN2S2/c18-14-7-3-5-12(9-19)17(14)13-6-2-1-4-11(13)8-16-20-15(21)10-22-16/h1-7,10,21H,8-9,19H2. The van der Waals surface area contributed by atoms with E-state index in [1.807, 2.05) is 35.7 Å². The first-order valence-corrected chi connectivity index (χ1v) is 8.58. The highest BCUT2D eigenvalue weighted by molar-refractivity contribution is 7.80. The van der Waals surface area contributed by atoms with Gasteiger partial charge in [-0.15, -0.1) is 24.0 Å². The van der Waals surface area contributed by atoms with E-state index in [9.17, 15) is 0 Å². The molecule has 1 aromatic heterocycles. The van der Waals surface area contributed by atoms with E-state index in [0.29, 0.717) is 6.54 Å². The summed E-state index contributed by atoms with van der Waals surface area (Å²) in [4.78, 5) is 4.43. The minimum absolute atomic E-state index is 0.461. The van der Waals surface area contributed by atoms with Crippen molar-refractivity contribution in [2.45, 2.75) is 18.0 Å². The van der Waals surface area contributed by atoms with Gasteiger partial charge in [0.1, 0.15) is 5.03 Å². The number of rotatable bonds is 4. The number of nitrogens with two attached hydrogens (primary N) is 1. The molecule has 0 amide bonds. The van der Waals surface area contributed by atoms with Gasteiger partial charge in [-0.2, -0.15) is 0 Å². The van der Waals surface area contributed by atoms with Gasteiger partial charge in [-0.25, -0.2) is 4.98 Å². The monoisotopic (exact) mass is 346 g/mol. The Bertz CT molecular complexity index is 799. The first kappa shape index (κ1) is 15.6. The van der Waals surface area contributed by atoms with Crippen LogP contribution in [0.2, 0.25) is 5.02 Å². The van der Waals surface area contributed by atoms with Gasteiger partial charge in [0.05, 0.1) is 5.01 Å². The molecule has 0 spiro atoms. The third-order valence-corrected chi connectivity index (χ3v) is 5.06. The molecule has 22 heavy (non-hydrogen) atoms. The Hall–Kier alpha value is -1.33. The predicted octanol–water partition coefficient (Wildman–Crippen LogP) is 4.80. The lowest BCUT2D eigenvalue weighted by Crippen LogP contribution is -2.01. The summed E-state index contributed by atoms with van der Waals surface area (Å²) >= 11 is 12.3. The quantitative estimate of drug-likeness (QED) is 0.666. The lowest BCUT2D eigenvalue weighted by molar-refractivity contribution is 1.06. The van der Waals surface area contributed by atoms with Crippen LogP contribution in [0.3, 0.4) is 0 Å². The van der Waals surface area contributed by atoms with Crippen molar-refractivity contribution in [2.75, 3.05) is 0 Å². The molecule has 3 aromatic rings. The molecule has 0 atom stereocenters. The number of benzene rings is 2. The fourth-order valence-electron chi connectivity index (χ4n) is 2.50. The Labute approximate surface area is 144 Å². The molecular formula is C17H15ClN2S2. The summed E-state index contributed by atoms with van der Waals surface area (Å²) in [5.41, 5.74) is 10.3. The molecule has 3 rings (SSSR count). The lowest BCUT2D eigenvalue weighted by atomic mass is 9.94. The SMILES string of the molecule is NCc1cccc(Cl)c1-c1ccccc1Cc1nc(S)cs1. The van der Waals surface area contributed by atoms with Gasteiger partial charge in [0.25, 0.3) is 0 Å². The molecule has 2 nitrogen and oxygen atoms in total. The Morgan fingerprint density at radius 3 is 2.59 bits per heavy atom. The van der Waals surface area contributed by atoms with Crippen molar-refractivity contribution in [2.24, 2.45) is 5.73 Å². The maximum atomic E-state index is 6.44. The molecule has 0 radical (unpaired) electrons. The van der Waals surface area contributed by atoms with Gasteiger partial charge in [-0.1, -0.05) is 48.0 Å². The Morgan fingerprint density at radius 2 is 1.86 bits per heavy atom. The van der Waals surface area contributed by atoms with Gasteiger partial charge in [-0.05, 0) is 22.8 Å². The van der Waals surface area contributed by atoms with Crippen LogP contribution in [-0.2, 0) is 13.0 Å². The van der Waals surface area contributed by atoms with Crippen LogP contribution >= 0.6 is 35.6 Å². The number of aromatic nitrogens is 1. The maximum Gasteiger partial charge on any atom is 0.104 e. The second-order valence-electron chi connectivity index (χ2n) is 4.91. The van der Waals surface area contributed by atoms with E-state index in [4.69, 9.17) is 17.3 Å². The van der Waals surface area contributed by atoms with E-state index in [1.165, 1.54) is 5.56 Å². The third kappa shape index (κ3) is 3.20. The third-order valence-electron chi connectivity index (χ3n) is 3.49. The molecule has 0 saturated heterocycles. The highest BCUT2D eigenvalue weighted by Gasteiger charge is 2.13. The van der Waals surface area contributed by atoms with Gasteiger partial charge in [0.15, 0.2) is 0 Å². The number of hydrogen-bond acceptors (Lipinski definition) is 4. The van der Waals surface area contributed by atoms with Gasteiger partial charge >= 0.3 is 0 Å². The zero-order valence-electron chi connectivity index (χ0n) is 11.8. The molecule has 1 heterocycles. The number of halogens is 1. The summed E-state index contributed by atoms with van der Waals surface area (Å²) in [5.74, 6) is 0. The zero-order chi connectivity index (χ0) is 15.5. The lowest BCUT2D eigenvalue weighted by Gasteiger charge is -2.14. The summed E-state index contributed by atoms with van der Waals surface area (Å²) in [7, 11) is 0. The van der Waals surface area contributed by atoms with Crippen LogP contribution in [0.4, 0.5) is 0 Å². The number of nitrogens with zero attached hydrogens (tertiary/aromatic N) is 1. The molecule has 0 unspecified atom stereocenters. The predicted molar refractivity (Wildman–Crippen MR) is 97.0 cm³/mol. The number of thiol groups is 1. The largest absolute Gasteiger partial charge is 0.326 e. The summed E-state index contributed by atoms with van der Waals surface area (Å²) in [6.07, 6.45) is 0.761. The molecule has 0 aliphatic rings. The molecule has 0 aliphatic heterocycles. The van der Waals surface area contributed by atoms with Crippen molar-refractivity contribution in [3.05, 3.63) is 69.0 Å². The highest BCUT2D eigenvalue weighted by Crippen LogP contribution is 2.34. The average molecular weight is 347 g/mol. The van der Waals surface area contributed by atoms with E-state index >= 15 is 0 Å². The molecule has 0 saturated carbocycles. The van der Waals surface area contributed by atoms with Gasteiger partial charge in [0, 0.05) is 28.9 Å². The topological polar surface area (TPSA) is 38.9 Å². The molecule has 2 N–H and O–H groups in total. The number of thiazole rings is 1. The molecular weight excluding hydrogens is 332 g/mol. The molecule has 112 valence electrons. The van der Waals surface area contributed by atoms with Crippen LogP contribution in [0.25, 0.3) is 11.1 Å². The highest BCUT2D eigenvalue weighted by atomic mass is 35.5. The van der Waals surface area contributed by atoms with E-state index in [0.717, 1.165) is 38.2 Å². The summed E-state index contributed by atoms with van der Waals surface area (Å²) < 4.78 is 0. The molecule has 0 fully saturated rings. The Morgan fingerprint density at radius 1 is 1.09 bits per heavy atom. The van der Waals surface area contributed by atoms with Crippen LogP contribution in [0.5, 0.6) is 0 Å². The van der Waals surface area contributed by atoms with E-state index < -0.39 is 0 Å². The fourth-order valence-corrected chi connectivity index (χ4v) is 3.83. The van der Waals surface area contributed by atoms with Crippen LogP contribution in [0, 0.1) is 0 Å². The van der Waals surface area contributed by atoms with Crippen molar-refractivity contribution in [3.8, 4) is 11.1 Å². The van der Waals surface area contributed by atoms with Crippen LogP contribution < -0.4 is 5.73 Å².